The Labute approximate surface area is 115 Å². The van der Waals surface area contributed by atoms with Gasteiger partial charge in [-0.1, -0.05) is 0 Å². The van der Waals surface area contributed by atoms with Gasteiger partial charge in [-0.2, -0.15) is 5.10 Å². The largest absolute Gasteiger partial charge is 0.322 e. The molecule has 104 valence electrons. The summed E-state index contributed by atoms with van der Waals surface area (Å²) in [6.45, 7) is 3.09. The third-order valence-electron chi connectivity index (χ3n) is 6.11. The standard InChI is InChI=1S/C16H25N3/c1-2-19-14(3-4-18-19)15(17)16-8-11-5-12(9-16)7-13(6-11)10-16/h3-4,11-13,15H,2,5-10,17H2,1H3. The fourth-order valence-electron chi connectivity index (χ4n) is 5.74. The van der Waals surface area contributed by atoms with E-state index in [4.69, 9.17) is 5.73 Å². The zero-order chi connectivity index (χ0) is 13.0. The summed E-state index contributed by atoms with van der Waals surface area (Å²) >= 11 is 0. The number of nitrogens with two attached hydrogens (primary N) is 1. The normalized spacial score (nSPS) is 41.7. The predicted molar refractivity (Wildman–Crippen MR) is 75.4 cm³/mol. The molecule has 1 heterocycles. The van der Waals surface area contributed by atoms with Crippen molar-refractivity contribution in [3.63, 3.8) is 0 Å². The van der Waals surface area contributed by atoms with Crippen LogP contribution in [0.3, 0.4) is 0 Å². The van der Waals surface area contributed by atoms with Crippen molar-refractivity contribution in [1.82, 2.24) is 9.78 Å². The lowest BCUT2D eigenvalue weighted by molar-refractivity contribution is -0.0690. The molecule has 0 radical (unpaired) electrons. The SMILES string of the molecule is CCn1nccc1C(N)C12CC3CC(CC(C3)C1)C2. The third kappa shape index (κ3) is 1.70. The molecule has 1 atom stereocenters. The van der Waals surface area contributed by atoms with Gasteiger partial charge >= 0.3 is 0 Å². The molecule has 0 amide bonds. The van der Waals surface area contributed by atoms with Gasteiger partial charge < -0.3 is 5.73 Å². The molecule has 0 aromatic carbocycles. The number of aromatic nitrogens is 2. The molecule has 0 spiro atoms. The Morgan fingerprint density at radius 2 is 1.84 bits per heavy atom. The molecule has 4 saturated carbocycles. The molecule has 5 rings (SSSR count). The van der Waals surface area contributed by atoms with Gasteiger partial charge in [0, 0.05) is 12.7 Å². The van der Waals surface area contributed by atoms with Crippen LogP contribution in [0.5, 0.6) is 0 Å². The lowest BCUT2D eigenvalue weighted by Gasteiger charge is -2.58. The molecule has 3 nitrogen and oxygen atoms in total. The van der Waals surface area contributed by atoms with Crippen LogP contribution in [0.4, 0.5) is 0 Å². The minimum absolute atomic E-state index is 0.198. The van der Waals surface area contributed by atoms with E-state index in [1.165, 1.54) is 44.2 Å². The summed E-state index contributed by atoms with van der Waals surface area (Å²) in [5, 5.41) is 4.42. The van der Waals surface area contributed by atoms with E-state index in [-0.39, 0.29) is 6.04 Å². The van der Waals surface area contributed by atoms with E-state index < -0.39 is 0 Å². The molecule has 3 heteroatoms. The minimum Gasteiger partial charge on any atom is -0.322 e. The smallest absolute Gasteiger partial charge is 0.0556 e. The number of hydrogen-bond acceptors (Lipinski definition) is 2. The van der Waals surface area contributed by atoms with Crippen LogP contribution in [0.2, 0.25) is 0 Å². The van der Waals surface area contributed by atoms with Crippen molar-refractivity contribution < 1.29 is 0 Å². The highest BCUT2D eigenvalue weighted by molar-refractivity contribution is 5.15. The van der Waals surface area contributed by atoms with Gasteiger partial charge in [0.1, 0.15) is 0 Å². The molecular weight excluding hydrogens is 234 g/mol. The number of rotatable bonds is 3. The molecule has 0 saturated heterocycles. The lowest BCUT2D eigenvalue weighted by Crippen LogP contribution is -2.51. The second-order valence-corrected chi connectivity index (χ2v) is 7.33. The Balaban J connectivity index is 1.68. The van der Waals surface area contributed by atoms with Crippen LogP contribution in [0.15, 0.2) is 12.3 Å². The van der Waals surface area contributed by atoms with E-state index in [1.807, 2.05) is 6.20 Å². The second kappa shape index (κ2) is 4.08. The zero-order valence-electron chi connectivity index (χ0n) is 11.9. The van der Waals surface area contributed by atoms with Gasteiger partial charge in [-0.25, -0.2) is 0 Å². The van der Waals surface area contributed by atoms with E-state index in [0.717, 1.165) is 24.3 Å². The van der Waals surface area contributed by atoms with Gasteiger partial charge in [-0.15, -0.1) is 0 Å². The molecule has 4 aliphatic carbocycles. The van der Waals surface area contributed by atoms with E-state index in [9.17, 15) is 0 Å². The summed E-state index contributed by atoms with van der Waals surface area (Å²) < 4.78 is 2.10. The Morgan fingerprint density at radius 3 is 2.37 bits per heavy atom. The summed E-state index contributed by atoms with van der Waals surface area (Å²) in [6.07, 6.45) is 10.5. The first-order valence-corrected chi connectivity index (χ1v) is 7.97. The Morgan fingerprint density at radius 1 is 1.26 bits per heavy atom. The summed E-state index contributed by atoms with van der Waals surface area (Å²) in [5.41, 5.74) is 8.41. The third-order valence-corrected chi connectivity index (χ3v) is 6.11. The van der Waals surface area contributed by atoms with Gasteiger partial charge in [-0.05, 0) is 74.7 Å². The highest BCUT2D eigenvalue weighted by Crippen LogP contribution is 2.63. The van der Waals surface area contributed by atoms with Crippen molar-refractivity contribution in [1.29, 1.82) is 0 Å². The molecule has 19 heavy (non-hydrogen) atoms. The minimum atomic E-state index is 0.198. The summed E-state index contributed by atoms with van der Waals surface area (Å²) in [7, 11) is 0. The van der Waals surface area contributed by atoms with Crippen molar-refractivity contribution in [3.05, 3.63) is 18.0 Å². The first-order valence-electron chi connectivity index (χ1n) is 7.97. The number of hydrogen-bond donors (Lipinski definition) is 1. The molecule has 4 fully saturated rings. The molecule has 4 bridgehead atoms. The topological polar surface area (TPSA) is 43.8 Å². The molecule has 1 unspecified atom stereocenters. The maximum atomic E-state index is 6.75. The van der Waals surface area contributed by atoms with Gasteiger partial charge in [0.15, 0.2) is 0 Å². The van der Waals surface area contributed by atoms with E-state index in [0.29, 0.717) is 5.41 Å². The summed E-state index contributed by atoms with van der Waals surface area (Å²) in [5.74, 6) is 2.90. The van der Waals surface area contributed by atoms with E-state index in [1.54, 1.807) is 0 Å². The highest BCUT2D eigenvalue weighted by Gasteiger charge is 2.54. The average molecular weight is 259 g/mol. The van der Waals surface area contributed by atoms with Crippen LogP contribution in [-0.2, 0) is 6.54 Å². The molecule has 1 aromatic heterocycles. The Kier molecular flexibility index (Phi) is 2.57. The second-order valence-electron chi connectivity index (χ2n) is 7.33. The first-order chi connectivity index (χ1) is 9.20. The van der Waals surface area contributed by atoms with Crippen molar-refractivity contribution in [2.45, 2.75) is 58.0 Å². The quantitative estimate of drug-likeness (QED) is 0.906. The van der Waals surface area contributed by atoms with Crippen molar-refractivity contribution in [2.75, 3.05) is 0 Å². The van der Waals surface area contributed by atoms with Crippen LogP contribution in [0.1, 0.15) is 57.2 Å². The van der Waals surface area contributed by atoms with Crippen LogP contribution in [0.25, 0.3) is 0 Å². The lowest BCUT2D eigenvalue weighted by atomic mass is 9.47. The predicted octanol–water partition coefficient (Wildman–Crippen LogP) is 3.12. The fraction of sp³-hybridized carbons (Fsp3) is 0.812. The number of nitrogens with zero attached hydrogens (tertiary/aromatic N) is 2. The fourth-order valence-corrected chi connectivity index (χ4v) is 5.74. The van der Waals surface area contributed by atoms with Gasteiger partial charge in [0.25, 0.3) is 0 Å². The van der Waals surface area contributed by atoms with Crippen LogP contribution in [0, 0.1) is 23.2 Å². The van der Waals surface area contributed by atoms with E-state index >= 15 is 0 Å². The van der Waals surface area contributed by atoms with Crippen LogP contribution in [-0.4, -0.2) is 9.78 Å². The first kappa shape index (κ1) is 12.0. The Hall–Kier alpha value is -0.830. The Bertz CT molecular complexity index is 441. The van der Waals surface area contributed by atoms with Crippen molar-refractivity contribution in [3.8, 4) is 0 Å². The molecule has 2 N–H and O–H groups in total. The average Bonchev–Trinajstić information content (AvgIpc) is 2.84. The van der Waals surface area contributed by atoms with E-state index in [2.05, 4.69) is 22.8 Å². The molecule has 1 aromatic rings. The summed E-state index contributed by atoms with van der Waals surface area (Å²) in [6, 6.07) is 2.34. The van der Waals surface area contributed by atoms with Gasteiger partial charge in [-0.3, -0.25) is 4.68 Å². The van der Waals surface area contributed by atoms with Crippen molar-refractivity contribution >= 4 is 0 Å². The molecular formula is C16H25N3. The maximum Gasteiger partial charge on any atom is 0.0556 e. The van der Waals surface area contributed by atoms with Gasteiger partial charge in [0.05, 0.1) is 11.7 Å². The monoisotopic (exact) mass is 259 g/mol. The summed E-state index contributed by atoms with van der Waals surface area (Å²) in [4.78, 5) is 0. The number of aryl methyl sites for hydroxylation is 1. The van der Waals surface area contributed by atoms with Crippen LogP contribution < -0.4 is 5.73 Å². The highest BCUT2D eigenvalue weighted by atomic mass is 15.3. The zero-order valence-corrected chi connectivity index (χ0v) is 11.9. The van der Waals surface area contributed by atoms with Crippen molar-refractivity contribution in [2.24, 2.45) is 28.9 Å². The molecule has 0 aliphatic heterocycles. The molecule has 4 aliphatic rings. The maximum absolute atomic E-state index is 6.75. The van der Waals surface area contributed by atoms with Gasteiger partial charge in [0.2, 0.25) is 0 Å². The van der Waals surface area contributed by atoms with Crippen LogP contribution >= 0.6 is 0 Å².